The molecule has 1 fully saturated rings. The summed E-state index contributed by atoms with van der Waals surface area (Å²) in [6.45, 7) is 0.621. The van der Waals surface area contributed by atoms with E-state index in [1.54, 1.807) is 18.2 Å². The number of imide groups is 1. The Morgan fingerprint density at radius 3 is 2.58 bits per heavy atom. The first-order valence-electron chi connectivity index (χ1n) is 8.33. The molecular weight excluding hydrogens is 370 g/mol. The number of ether oxygens (including phenoxy) is 1. The molecule has 0 saturated carbocycles. The Kier molecular flexibility index (Phi) is 6.36. The minimum absolute atomic E-state index is 0.339. The molecule has 0 unspecified atom stereocenters. The number of hydrogen-bond acceptors (Lipinski definition) is 4. The summed E-state index contributed by atoms with van der Waals surface area (Å²) in [6, 6.07) is 15.7. The molecule has 1 aliphatic rings. The Labute approximate surface area is 161 Å². The number of unbranched alkanes of at least 4 members (excludes halogenated alkanes) is 1. The van der Waals surface area contributed by atoms with E-state index in [9.17, 15) is 9.59 Å². The Bertz CT molecular complexity index is 836. The first kappa shape index (κ1) is 18.5. The molecule has 2 amide bonds. The van der Waals surface area contributed by atoms with Crippen molar-refractivity contribution in [3.05, 3.63) is 69.6 Å². The van der Waals surface area contributed by atoms with Crippen LogP contribution >= 0.6 is 23.4 Å². The predicted octanol–water partition coefficient (Wildman–Crippen LogP) is 5.07. The normalized spacial score (nSPS) is 15.3. The van der Waals surface area contributed by atoms with Gasteiger partial charge in [-0.2, -0.15) is 0 Å². The van der Waals surface area contributed by atoms with Crippen molar-refractivity contribution in [2.75, 3.05) is 6.61 Å². The van der Waals surface area contributed by atoms with Gasteiger partial charge in [0.25, 0.3) is 11.1 Å². The van der Waals surface area contributed by atoms with Crippen LogP contribution in [-0.4, -0.2) is 17.8 Å². The summed E-state index contributed by atoms with van der Waals surface area (Å²) in [4.78, 5) is 23.1. The van der Waals surface area contributed by atoms with Crippen LogP contribution in [0.2, 0.25) is 5.02 Å². The zero-order chi connectivity index (χ0) is 18.4. The molecule has 0 aromatic heterocycles. The van der Waals surface area contributed by atoms with E-state index in [2.05, 4.69) is 17.4 Å². The fourth-order valence-corrected chi connectivity index (χ4v) is 3.44. The van der Waals surface area contributed by atoms with Crippen molar-refractivity contribution in [2.45, 2.75) is 19.3 Å². The van der Waals surface area contributed by atoms with E-state index in [-0.39, 0.29) is 5.24 Å². The first-order chi connectivity index (χ1) is 12.6. The number of aryl methyl sites for hydroxylation is 1. The summed E-state index contributed by atoms with van der Waals surface area (Å²) >= 11 is 7.13. The van der Waals surface area contributed by atoms with Crippen LogP contribution in [0.3, 0.4) is 0 Å². The number of benzene rings is 2. The minimum Gasteiger partial charge on any atom is -0.494 e. The molecule has 6 heteroatoms. The topological polar surface area (TPSA) is 55.4 Å². The fourth-order valence-electron chi connectivity index (χ4n) is 2.54. The first-order valence-corrected chi connectivity index (χ1v) is 9.52. The molecule has 134 valence electrons. The average Bonchev–Trinajstić information content (AvgIpc) is 2.95. The van der Waals surface area contributed by atoms with Crippen molar-refractivity contribution in [3.63, 3.8) is 0 Å². The van der Waals surface area contributed by atoms with Gasteiger partial charge in [-0.05, 0) is 66.4 Å². The lowest BCUT2D eigenvalue weighted by Gasteiger charge is -2.08. The quantitative estimate of drug-likeness (QED) is 0.532. The lowest BCUT2D eigenvalue weighted by molar-refractivity contribution is -0.115. The number of halogens is 1. The van der Waals surface area contributed by atoms with Crippen LogP contribution in [0.5, 0.6) is 5.75 Å². The maximum atomic E-state index is 11.6. The second-order valence-electron chi connectivity index (χ2n) is 5.83. The summed E-state index contributed by atoms with van der Waals surface area (Å²) in [7, 11) is 0. The number of rotatable bonds is 7. The highest BCUT2D eigenvalue weighted by molar-refractivity contribution is 8.18. The second kappa shape index (κ2) is 8.92. The van der Waals surface area contributed by atoms with Crippen LogP contribution < -0.4 is 10.1 Å². The summed E-state index contributed by atoms with van der Waals surface area (Å²) in [5.74, 6) is 0.297. The van der Waals surface area contributed by atoms with Crippen LogP contribution in [0, 0.1) is 0 Å². The van der Waals surface area contributed by atoms with E-state index in [1.807, 2.05) is 24.3 Å². The predicted molar refractivity (Wildman–Crippen MR) is 105 cm³/mol. The molecule has 2 aromatic carbocycles. The van der Waals surface area contributed by atoms with Crippen LogP contribution in [0.4, 0.5) is 4.79 Å². The average molecular weight is 388 g/mol. The molecular formula is C20H18ClNO3S. The number of carbonyl (C=O) groups is 2. The summed E-state index contributed by atoms with van der Waals surface area (Å²) in [6.07, 6.45) is 4.66. The van der Waals surface area contributed by atoms with Gasteiger partial charge in [0.1, 0.15) is 5.75 Å². The van der Waals surface area contributed by atoms with Crippen molar-refractivity contribution in [3.8, 4) is 5.75 Å². The Hall–Kier alpha value is -2.24. The lowest BCUT2D eigenvalue weighted by Crippen LogP contribution is -2.17. The molecule has 4 nitrogen and oxygen atoms in total. The molecule has 1 N–H and O–H groups in total. The molecule has 26 heavy (non-hydrogen) atoms. The van der Waals surface area contributed by atoms with Gasteiger partial charge in [0.2, 0.25) is 0 Å². The van der Waals surface area contributed by atoms with Crippen molar-refractivity contribution in [1.29, 1.82) is 0 Å². The molecule has 1 heterocycles. The maximum Gasteiger partial charge on any atom is 0.290 e. The number of hydrogen-bond donors (Lipinski definition) is 1. The molecule has 0 atom stereocenters. The maximum absolute atomic E-state index is 11.6. The third-order valence-electron chi connectivity index (χ3n) is 3.87. The standard InChI is InChI=1S/C20H18ClNO3S/c21-17-13-16(25-11-5-4-8-14-6-2-1-3-7-14)10-9-15(17)12-18-19(23)22-20(24)26-18/h1-3,6-7,9-10,12-13H,4-5,8,11H2,(H,22,23,24). The van der Waals surface area contributed by atoms with Crippen molar-refractivity contribution in [2.24, 2.45) is 0 Å². The van der Waals surface area contributed by atoms with Gasteiger partial charge >= 0.3 is 0 Å². The zero-order valence-electron chi connectivity index (χ0n) is 14.0. The fraction of sp³-hybridized carbons (Fsp3) is 0.200. The van der Waals surface area contributed by atoms with E-state index < -0.39 is 5.91 Å². The van der Waals surface area contributed by atoms with E-state index in [4.69, 9.17) is 16.3 Å². The van der Waals surface area contributed by atoms with Crippen molar-refractivity contribution in [1.82, 2.24) is 5.32 Å². The van der Waals surface area contributed by atoms with Crippen LogP contribution in [0.1, 0.15) is 24.0 Å². The van der Waals surface area contributed by atoms with Crippen LogP contribution in [-0.2, 0) is 11.2 Å². The Morgan fingerprint density at radius 1 is 1.08 bits per heavy atom. The Balaban J connectivity index is 1.49. The number of carbonyl (C=O) groups excluding carboxylic acids is 2. The summed E-state index contributed by atoms with van der Waals surface area (Å²) in [5.41, 5.74) is 2.01. The summed E-state index contributed by atoms with van der Waals surface area (Å²) in [5, 5.41) is 2.33. The van der Waals surface area contributed by atoms with Crippen molar-refractivity contribution < 1.29 is 14.3 Å². The van der Waals surface area contributed by atoms with Crippen LogP contribution in [0.15, 0.2) is 53.4 Å². The monoisotopic (exact) mass is 387 g/mol. The smallest absolute Gasteiger partial charge is 0.290 e. The van der Waals surface area contributed by atoms with E-state index in [0.29, 0.717) is 27.8 Å². The van der Waals surface area contributed by atoms with Gasteiger partial charge in [-0.1, -0.05) is 41.9 Å². The molecule has 0 bridgehead atoms. The lowest BCUT2D eigenvalue weighted by atomic mass is 10.1. The van der Waals surface area contributed by atoms with Gasteiger partial charge in [0.15, 0.2) is 0 Å². The highest BCUT2D eigenvalue weighted by Gasteiger charge is 2.25. The number of amides is 2. The molecule has 0 aliphatic carbocycles. The second-order valence-corrected chi connectivity index (χ2v) is 7.25. The third-order valence-corrected chi connectivity index (χ3v) is 5.01. The van der Waals surface area contributed by atoms with Gasteiger partial charge in [-0.25, -0.2) is 0 Å². The SMILES string of the molecule is O=C1NC(=O)C(=Cc2ccc(OCCCCc3ccccc3)cc2Cl)S1. The Morgan fingerprint density at radius 2 is 1.88 bits per heavy atom. The summed E-state index contributed by atoms with van der Waals surface area (Å²) < 4.78 is 5.74. The third kappa shape index (κ3) is 5.13. The minimum atomic E-state index is -0.394. The van der Waals surface area contributed by atoms with Gasteiger partial charge in [-0.15, -0.1) is 0 Å². The number of nitrogens with one attached hydrogen (secondary N) is 1. The van der Waals surface area contributed by atoms with Crippen molar-refractivity contribution >= 4 is 40.6 Å². The molecule has 0 spiro atoms. The molecule has 3 rings (SSSR count). The van der Waals surface area contributed by atoms with Gasteiger partial charge < -0.3 is 4.74 Å². The van der Waals surface area contributed by atoms with E-state index in [0.717, 1.165) is 31.0 Å². The largest absolute Gasteiger partial charge is 0.494 e. The molecule has 1 saturated heterocycles. The van der Waals surface area contributed by atoms with Gasteiger partial charge in [0, 0.05) is 0 Å². The van der Waals surface area contributed by atoms with E-state index in [1.165, 1.54) is 5.56 Å². The van der Waals surface area contributed by atoms with Crippen LogP contribution in [0.25, 0.3) is 6.08 Å². The molecule has 2 aromatic rings. The highest BCUT2D eigenvalue weighted by Crippen LogP contribution is 2.30. The van der Waals surface area contributed by atoms with E-state index >= 15 is 0 Å². The zero-order valence-corrected chi connectivity index (χ0v) is 15.6. The number of thioether (sulfide) groups is 1. The van der Waals surface area contributed by atoms with Gasteiger partial charge in [-0.3, -0.25) is 14.9 Å². The highest BCUT2D eigenvalue weighted by atomic mass is 35.5. The molecule has 1 aliphatic heterocycles. The van der Waals surface area contributed by atoms with Gasteiger partial charge in [0.05, 0.1) is 16.5 Å². The molecule has 0 radical (unpaired) electrons.